The topological polar surface area (TPSA) is 22.1 Å². The van der Waals surface area contributed by atoms with E-state index >= 15 is 0 Å². The average Bonchev–Trinajstić information content (AvgIpc) is 3.28. The van der Waals surface area contributed by atoms with Crippen molar-refractivity contribution in [3.05, 3.63) is 57.6 Å². The van der Waals surface area contributed by atoms with Crippen LogP contribution in [-0.4, -0.2) is 4.98 Å². The molecule has 3 rings (SSSR count). The molecule has 0 unspecified atom stereocenters. The van der Waals surface area contributed by atoms with E-state index < -0.39 is 11.9 Å². The molecular weight excluding hydrogens is 312 g/mol. The van der Waals surface area contributed by atoms with Gasteiger partial charge in [0.25, 0.3) is 0 Å². The van der Waals surface area contributed by atoms with E-state index in [1.165, 1.54) is 25.0 Å². The molecule has 0 aliphatic heterocycles. The number of hydrogen-bond donors (Lipinski definition) is 0. The minimum atomic E-state index is -0.500. The Labute approximate surface area is 132 Å². The summed E-state index contributed by atoms with van der Waals surface area (Å²) in [5.74, 6) is 0.737. The maximum absolute atomic E-state index is 13.6. The second-order valence-corrected chi connectivity index (χ2v) is 5.99. The Morgan fingerprint density at radius 1 is 1.29 bits per heavy atom. The Kier molecular flexibility index (Phi) is 4.05. The van der Waals surface area contributed by atoms with Crippen LogP contribution in [0.1, 0.15) is 43.0 Å². The van der Waals surface area contributed by atoms with E-state index in [-0.39, 0.29) is 5.02 Å². The SMILES string of the molecule is C[C@H](Oc1ccnc(C2CC2)c1)c1c(Cl)ccc(F)c1Cl. The highest BCUT2D eigenvalue weighted by Crippen LogP contribution is 2.40. The molecule has 0 radical (unpaired) electrons. The Bertz CT molecular complexity index is 673. The molecule has 1 saturated carbocycles. The summed E-state index contributed by atoms with van der Waals surface area (Å²) in [6.45, 7) is 1.80. The fourth-order valence-corrected chi connectivity index (χ4v) is 2.96. The van der Waals surface area contributed by atoms with Gasteiger partial charge in [-0.25, -0.2) is 4.39 Å². The molecule has 1 aromatic carbocycles. The van der Waals surface area contributed by atoms with Crippen LogP contribution in [0.2, 0.25) is 10.0 Å². The second-order valence-electron chi connectivity index (χ2n) is 5.21. The van der Waals surface area contributed by atoms with Crippen molar-refractivity contribution in [2.45, 2.75) is 31.8 Å². The summed E-state index contributed by atoms with van der Waals surface area (Å²) < 4.78 is 19.4. The molecule has 0 N–H and O–H groups in total. The number of pyridine rings is 1. The number of halogens is 3. The lowest BCUT2D eigenvalue weighted by Gasteiger charge is -2.18. The van der Waals surface area contributed by atoms with Gasteiger partial charge in [0.15, 0.2) is 0 Å². The van der Waals surface area contributed by atoms with Gasteiger partial charge < -0.3 is 4.74 Å². The number of rotatable bonds is 4. The highest BCUT2D eigenvalue weighted by atomic mass is 35.5. The van der Waals surface area contributed by atoms with Gasteiger partial charge in [-0.15, -0.1) is 0 Å². The fraction of sp³-hybridized carbons (Fsp3) is 0.312. The van der Waals surface area contributed by atoms with E-state index in [0.29, 0.717) is 22.3 Å². The van der Waals surface area contributed by atoms with Gasteiger partial charge in [-0.2, -0.15) is 0 Å². The first kappa shape index (κ1) is 14.6. The molecule has 0 spiro atoms. The molecule has 0 amide bonds. The standard InChI is InChI=1S/C16H14Cl2FNO/c1-9(15-12(17)4-5-13(19)16(15)18)21-11-6-7-20-14(8-11)10-2-3-10/h4-10H,2-3H2,1H3/t9-/m0/s1. The van der Waals surface area contributed by atoms with Crippen LogP contribution in [-0.2, 0) is 0 Å². The smallest absolute Gasteiger partial charge is 0.142 e. The quantitative estimate of drug-likeness (QED) is 0.688. The first-order chi connectivity index (χ1) is 10.1. The number of aromatic nitrogens is 1. The largest absolute Gasteiger partial charge is 0.486 e. The number of benzene rings is 1. The van der Waals surface area contributed by atoms with Crippen molar-refractivity contribution in [2.75, 3.05) is 0 Å². The lowest BCUT2D eigenvalue weighted by atomic mass is 10.1. The van der Waals surface area contributed by atoms with Crippen LogP contribution < -0.4 is 4.74 Å². The zero-order valence-corrected chi connectivity index (χ0v) is 13.0. The first-order valence-electron chi connectivity index (χ1n) is 6.82. The van der Waals surface area contributed by atoms with Crippen LogP contribution in [0.3, 0.4) is 0 Å². The van der Waals surface area contributed by atoms with Crippen LogP contribution in [0.5, 0.6) is 5.75 Å². The number of hydrogen-bond acceptors (Lipinski definition) is 2. The van der Waals surface area contributed by atoms with E-state index in [4.69, 9.17) is 27.9 Å². The molecule has 1 fully saturated rings. The summed E-state index contributed by atoms with van der Waals surface area (Å²) in [4.78, 5) is 4.34. The van der Waals surface area contributed by atoms with Crippen LogP contribution >= 0.6 is 23.2 Å². The van der Waals surface area contributed by atoms with E-state index in [1.807, 2.05) is 6.07 Å². The number of nitrogens with zero attached hydrogens (tertiary/aromatic N) is 1. The van der Waals surface area contributed by atoms with Gasteiger partial charge in [0.05, 0.1) is 5.02 Å². The van der Waals surface area contributed by atoms with Crippen LogP contribution in [0.4, 0.5) is 4.39 Å². The lowest BCUT2D eigenvalue weighted by Crippen LogP contribution is -2.06. The third-order valence-corrected chi connectivity index (χ3v) is 4.26. The molecule has 1 aliphatic carbocycles. The van der Waals surface area contributed by atoms with Gasteiger partial charge >= 0.3 is 0 Å². The molecule has 1 heterocycles. The third-order valence-electron chi connectivity index (χ3n) is 3.55. The fourth-order valence-electron chi connectivity index (χ4n) is 2.28. The van der Waals surface area contributed by atoms with Gasteiger partial charge in [-0.1, -0.05) is 23.2 Å². The summed E-state index contributed by atoms with van der Waals surface area (Å²) >= 11 is 12.1. The minimum Gasteiger partial charge on any atom is -0.486 e. The van der Waals surface area contributed by atoms with Crippen molar-refractivity contribution >= 4 is 23.2 Å². The van der Waals surface area contributed by atoms with Gasteiger partial charge in [0, 0.05) is 34.5 Å². The first-order valence-corrected chi connectivity index (χ1v) is 7.58. The maximum Gasteiger partial charge on any atom is 0.142 e. The molecular formula is C16H14Cl2FNO. The summed E-state index contributed by atoms with van der Waals surface area (Å²) in [6.07, 6.45) is 3.63. The van der Waals surface area contributed by atoms with E-state index in [2.05, 4.69) is 4.98 Å². The average molecular weight is 326 g/mol. The Morgan fingerprint density at radius 3 is 2.76 bits per heavy atom. The maximum atomic E-state index is 13.6. The van der Waals surface area contributed by atoms with Crippen molar-refractivity contribution in [2.24, 2.45) is 0 Å². The summed E-state index contributed by atoms with van der Waals surface area (Å²) in [6, 6.07) is 6.44. The normalized spacial score (nSPS) is 15.8. The third kappa shape index (κ3) is 3.14. The molecule has 2 nitrogen and oxygen atoms in total. The number of ether oxygens (including phenoxy) is 1. The minimum absolute atomic E-state index is 0.00599. The zero-order chi connectivity index (χ0) is 15.0. The van der Waals surface area contributed by atoms with Gasteiger partial charge in [-0.3, -0.25) is 4.98 Å². The summed E-state index contributed by atoms with van der Waals surface area (Å²) in [7, 11) is 0. The monoisotopic (exact) mass is 325 g/mol. The predicted octanol–water partition coefficient (Wildman–Crippen LogP) is 5.54. The van der Waals surface area contributed by atoms with Crippen molar-refractivity contribution in [3.8, 4) is 5.75 Å². The van der Waals surface area contributed by atoms with E-state index in [9.17, 15) is 4.39 Å². The summed E-state index contributed by atoms with van der Waals surface area (Å²) in [5.41, 5.74) is 1.50. The van der Waals surface area contributed by atoms with Crippen LogP contribution in [0, 0.1) is 5.82 Å². The molecule has 5 heteroatoms. The predicted molar refractivity (Wildman–Crippen MR) is 81.7 cm³/mol. The van der Waals surface area contributed by atoms with E-state index in [0.717, 1.165) is 5.69 Å². The Morgan fingerprint density at radius 2 is 2.05 bits per heavy atom. The second kappa shape index (κ2) is 5.82. The lowest BCUT2D eigenvalue weighted by molar-refractivity contribution is 0.226. The zero-order valence-electron chi connectivity index (χ0n) is 11.4. The van der Waals surface area contributed by atoms with E-state index in [1.54, 1.807) is 19.2 Å². The van der Waals surface area contributed by atoms with Crippen molar-refractivity contribution in [1.29, 1.82) is 0 Å². The van der Waals surface area contributed by atoms with Crippen molar-refractivity contribution < 1.29 is 9.13 Å². The summed E-state index contributed by atoms with van der Waals surface area (Å²) in [5, 5.41) is 0.400. The van der Waals surface area contributed by atoms with Crippen molar-refractivity contribution in [1.82, 2.24) is 4.98 Å². The molecule has 2 aromatic rings. The van der Waals surface area contributed by atoms with Gasteiger partial charge in [-0.05, 0) is 38.0 Å². The molecule has 1 atom stereocenters. The van der Waals surface area contributed by atoms with Crippen LogP contribution in [0.25, 0.3) is 0 Å². The Balaban J connectivity index is 1.84. The van der Waals surface area contributed by atoms with Gasteiger partial charge in [0.2, 0.25) is 0 Å². The van der Waals surface area contributed by atoms with Crippen LogP contribution in [0.15, 0.2) is 30.5 Å². The Hall–Kier alpha value is -1.32. The van der Waals surface area contributed by atoms with Gasteiger partial charge in [0.1, 0.15) is 17.7 Å². The molecule has 1 aromatic heterocycles. The molecule has 0 bridgehead atoms. The molecule has 0 saturated heterocycles. The molecule has 110 valence electrons. The van der Waals surface area contributed by atoms with Crippen molar-refractivity contribution in [3.63, 3.8) is 0 Å². The molecule has 1 aliphatic rings. The highest BCUT2D eigenvalue weighted by Gasteiger charge is 2.25. The highest BCUT2D eigenvalue weighted by molar-refractivity contribution is 6.36. The molecule has 21 heavy (non-hydrogen) atoms.